The van der Waals surface area contributed by atoms with E-state index in [-0.39, 0.29) is 0 Å². The molecule has 1 aromatic carbocycles. The molecule has 1 saturated heterocycles. The van der Waals surface area contributed by atoms with E-state index in [4.69, 9.17) is 0 Å². The van der Waals surface area contributed by atoms with Crippen molar-refractivity contribution in [2.45, 2.75) is 30.5 Å². The van der Waals surface area contributed by atoms with Gasteiger partial charge in [0.25, 0.3) is 0 Å². The van der Waals surface area contributed by atoms with Crippen LogP contribution in [0, 0.1) is 5.92 Å². The predicted molar refractivity (Wildman–Crippen MR) is 88.6 cm³/mol. The molecule has 0 atom stereocenters. The fourth-order valence-electron chi connectivity index (χ4n) is 2.55. The topological polar surface area (TPSA) is 29.0 Å². The standard InChI is InChI=1S/C17H21N3S/c1-14-7-9-20(10-8-14)16-11-17(19-13-18-16)21-12-15-5-3-2-4-6-15/h2-6,11,13-14H,7-10,12H2,1H3. The van der Waals surface area contributed by atoms with Crippen molar-refractivity contribution in [2.75, 3.05) is 18.0 Å². The third-order valence-corrected chi connectivity index (χ3v) is 4.96. The minimum atomic E-state index is 0.843. The van der Waals surface area contributed by atoms with Crippen molar-refractivity contribution in [1.82, 2.24) is 9.97 Å². The molecule has 1 fully saturated rings. The van der Waals surface area contributed by atoms with Crippen molar-refractivity contribution in [3.63, 3.8) is 0 Å². The summed E-state index contributed by atoms with van der Waals surface area (Å²) in [6.45, 7) is 4.56. The van der Waals surface area contributed by atoms with Gasteiger partial charge in [-0.25, -0.2) is 9.97 Å². The van der Waals surface area contributed by atoms with E-state index in [0.29, 0.717) is 0 Å². The van der Waals surface area contributed by atoms with Crippen LogP contribution in [-0.4, -0.2) is 23.1 Å². The number of nitrogens with zero attached hydrogens (tertiary/aromatic N) is 3. The van der Waals surface area contributed by atoms with Crippen LogP contribution >= 0.6 is 11.8 Å². The summed E-state index contributed by atoms with van der Waals surface area (Å²) < 4.78 is 0. The number of thioether (sulfide) groups is 1. The zero-order valence-corrected chi connectivity index (χ0v) is 13.2. The first-order valence-corrected chi connectivity index (χ1v) is 8.53. The lowest BCUT2D eigenvalue weighted by molar-refractivity contribution is 0.436. The number of benzene rings is 1. The molecule has 1 aromatic heterocycles. The Labute approximate surface area is 130 Å². The van der Waals surface area contributed by atoms with E-state index in [0.717, 1.165) is 35.6 Å². The molecule has 110 valence electrons. The van der Waals surface area contributed by atoms with E-state index in [1.165, 1.54) is 18.4 Å². The molecule has 4 heteroatoms. The number of aromatic nitrogens is 2. The summed E-state index contributed by atoms with van der Waals surface area (Å²) in [7, 11) is 0. The number of rotatable bonds is 4. The first kappa shape index (κ1) is 14.4. The summed E-state index contributed by atoms with van der Waals surface area (Å²) in [5.74, 6) is 2.87. The van der Waals surface area contributed by atoms with Crippen LogP contribution in [0.4, 0.5) is 5.82 Å². The Kier molecular flexibility index (Phi) is 4.76. The average molecular weight is 299 g/mol. The highest BCUT2D eigenvalue weighted by atomic mass is 32.2. The van der Waals surface area contributed by atoms with Crippen LogP contribution in [0.5, 0.6) is 0 Å². The van der Waals surface area contributed by atoms with Gasteiger partial charge in [-0.3, -0.25) is 0 Å². The van der Waals surface area contributed by atoms with Crippen LogP contribution in [0.25, 0.3) is 0 Å². The second-order valence-electron chi connectivity index (χ2n) is 5.66. The van der Waals surface area contributed by atoms with E-state index < -0.39 is 0 Å². The SMILES string of the molecule is CC1CCN(c2cc(SCc3ccccc3)ncn2)CC1. The van der Waals surface area contributed by atoms with Crippen molar-refractivity contribution < 1.29 is 0 Å². The molecular weight excluding hydrogens is 278 g/mol. The Balaban J connectivity index is 1.63. The van der Waals surface area contributed by atoms with Crippen molar-refractivity contribution in [1.29, 1.82) is 0 Å². The van der Waals surface area contributed by atoms with Crippen molar-refractivity contribution >= 4 is 17.6 Å². The van der Waals surface area contributed by atoms with Gasteiger partial charge in [0.05, 0.1) is 0 Å². The van der Waals surface area contributed by atoms with Gasteiger partial charge >= 0.3 is 0 Å². The van der Waals surface area contributed by atoms with Crippen LogP contribution < -0.4 is 4.90 Å². The molecule has 2 aromatic rings. The maximum Gasteiger partial charge on any atom is 0.133 e. The molecule has 21 heavy (non-hydrogen) atoms. The monoisotopic (exact) mass is 299 g/mol. The van der Waals surface area contributed by atoms with E-state index in [2.05, 4.69) is 52.1 Å². The quantitative estimate of drug-likeness (QED) is 0.630. The van der Waals surface area contributed by atoms with Crippen LogP contribution in [0.1, 0.15) is 25.3 Å². The van der Waals surface area contributed by atoms with Crippen molar-refractivity contribution in [2.24, 2.45) is 5.92 Å². The van der Waals surface area contributed by atoms with E-state index in [1.807, 2.05) is 6.07 Å². The highest BCUT2D eigenvalue weighted by Crippen LogP contribution is 2.26. The third-order valence-electron chi connectivity index (χ3n) is 3.96. The molecule has 0 aliphatic carbocycles. The molecule has 0 amide bonds. The van der Waals surface area contributed by atoms with Gasteiger partial charge in [0, 0.05) is 24.9 Å². The van der Waals surface area contributed by atoms with E-state index in [1.54, 1.807) is 18.1 Å². The molecule has 1 aliphatic rings. The number of piperidine rings is 1. The third kappa shape index (κ3) is 3.97. The molecule has 0 unspecified atom stereocenters. The summed E-state index contributed by atoms with van der Waals surface area (Å²) in [4.78, 5) is 11.2. The fraction of sp³-hybridized carbons (Fsp3) is 0.412. The van der Waals surface area contributed by atoms with Gasteiger partial charge in [0.1, 0.15) is 17.2 Å². The van der Waals surface area contributed by atoms with Gasteiger partial charge in [-0.1, -0.05) is 37.3 Å². The zero-order chi connectivity index (χ0) is 14.5. The molecule has 0 N–H and O–H groups in total. The Hall–Kier alpha value is -1.55. The van der Waals surface area contributed by atoms with Crippen molar-refractivity contribution in [3.05, 3.63) is 48.3 Å². The molecule has 0 spiro atoms. The van der Waals surface area contributed by atoms with E-state index >= 15 is 0 Å². The first-order valence-electron chi connectivity index (χ1n) is 7.55. The largest absolute Gasteiger partial charge is 0.356 e. The molecule has 0 saturated carbocycles. The normalized spacial score (nSPS) is 16.1. The Morgan fingerprint density at radius 3 is 2.67 bits per heavy atom. The molecule has 0 radical (unpaired) electrons. The molecule has 3 rings (SSSR count). The lowest BCUT2D eigenvalue weighted by Gasteiger charge is -2.31. The highest BCUT2D eigenvalue weighted by Gasteiger charge is 2.17. The molecular formula is C17H21N3S. The van der Waals surface area contributed by atoms with Gasteiger partial charge in [-0.2, -0.15) is 0 Å². The number of hydrogen-bond donors (Lipinski definition) is 0. The van der Waals surface area contributed by atoms with Gasteiger partial charge in [-0.15, -0.1) is 11.8 Å². The molecule has 0 bridgehead atoms. The molecule has 1 aliphatic heterocycles. The highest BCUT2D eigenvalue weighted by molar-refractivity contribution is 7.98. The minimum Gasteiger partial charge on any atom is -0.356 e. The fourth-order valence-corrected chi connectivity index (χ4v) is 3.37. The van der Waals surface area contributed by atoms with Crippen LogP contribution in [0.3, 0.4) is 0 Å². The number of anilines is 1. The van der Waals surface area contributed by atoms with Gasteiger partial charge in [-0.05, 0) is 24.3 Å². The van der Waals surface area contributed by atoms with Crippen LogP contribution in [-0.2, 0) is 5.75 Å². The maximum atomic E-state index is 4.44. The van der Waals surface area contributed by atoms with Crippen LogP contribution in [0.15, 0.2) is 47.8 Å². The first-order chi connectivity index (χ1) is 10.3. The summed E-state index contributed by atoms with van der Waals surface area (Å²) in [6.07, 6.45) is 4.22. The zero-order valence-electron chi connectivity index (χ0n) is 12.4. The van der Waals surface area contributed by atoms with Gasteiger partial charge in [0.15, 0.2) is 0 Å². The summed E-state index contributed by atoms with van der Waals surface area (Å²) in [5, 5.41) is 1.06. The summed E-state index contributed by atoms with van der Waals surface area (Å²) >= 11 is 1.77. The minimum absolute atomic E-state index is 0.843. The second-order valence-corrected chi connectivity index (χ2v) is 6.65. The Morgan fingerprint density at radius 1 is 1.14 bits per heavy atom. The van der Waals surface area contributed by atoms with Gasteiger partial charge in [0.2, 0.25) is 0 Å². The predicted octanol–water partition coefficient (Wildman–Crippen LogP) is 4.01. The Bertz CT molecular complexity index is 565. The Morgan fingerprint density at radius 2 is 1.90 bits per heavy atom. The lowest BCUT2D eigenvalue weighted by atomic mass is 9.99. The lowest BCUT2D eigenvalue weighted by Crippen LogP contribution is -2.33. The van der Waals surface area contributed by atoms with Gasteiger partial charge < -0.3 is 4.90 Å². The van der Waals surface area contributed by atoms with E-state index in [9.17, 15) is 0 Å². The smallest absolute Gasteiger partial charge is 0.133 e. The molecule has 3 nitrogen and oxygen atoms in total. The summed E-state index contributed by atoms with van der Waals surface area (Å²) in [6, 6.07) is 12.6. The second kappa shape index (κ2) is 6.94. The van der Waals surface area contributed by atoms with Crippen molar-refractivity contribution in [3.8, 4) is 0 Å². The average Bonchev–Trinajstić information content (AvgIpc) is 2.55. The van der Waals surface area contributed by atoms with Crippen LogP contribution in [0.2, 0.25) is 0 Å². The number of hydrogen-bond acceptors (Lipinski definition) is 4. The summed E-state index contributed by atoms with van der Waals surface area (Å²) in [5.41, 5.74) is 1.33. The maximum absolute atomic E-state index is 4.44. The molecule has 2 heterocycles.